The van der Waals surface area contributed by atoms with Gasteiger partial charge in [-0.15, -0.1) is 24.0 Å². The Morgan fingerprint density at radius 1 is 1.48 bits per heavy atom. The van der Waals surface area contributed by atoms with Crippen LogP contribution in [0.4, 0.5) is 0 Å². The lowest BCUT2D eigenvalue weighted by atomic mass is 10.4. The maximum Gasteiger partial charge on any atom is 0.222 e. The van der Waals surface area contributed by atoms with E-state index in [0.717, 1.165) is 56.0 Å². The minimum atomic E-state index is 0. The monoisotopic (exact) mass is 525 g/mol. The van der Waals surface area contributed by atoms with Crippen molar-refractivity contribution < 1.29 is 4.79 Å². The molecule has 25 heavy (non-hydrogen) atoms. The number of amides is 1. The Bertz CT molecular complexity index is 590. The van der Waals surface area contributed by atoms with Gasteiger partial charge in [-0.05, 0) is 41.8 Å². The number of aromatic nitrogens is 1. The molecule has 1 aromatic rings. The number of hydrogen-bond donors (Lipinski definition) is 1. The number of rotatable bonds is 7. The molecule has 2 heterocycles. The lowest BCUT2D eigenvalue weighted by Gasteiger charge is -2.22. The van der Waals surface area contributed by atoms with Crippen molar-refractivity contribution in [1.82, 2.24) is 19.7 Å². The molecule has 8 heteroatoms. The van der Waals surface area contributed by atoms with Gasteiger partial charge >= 0.3 is 0 Å². The van der Waals surface area contributed by atoms with E-state index < -0.39 is 0 Å². The van der Waals surface area contributed by atoms with Gasteiger partial charge in [-0.25, -0.2) is 0 Å². The van der Waals surface area contributed by atoms with Gasteiger partial charge in [0.15, 0.2) is 5.96 Å². The van der Waals surface area contributed by atoms with Crippen LogP contribution in [0.2, 0.25) is 0 Å². The number of nitrogens with zero attached hydrogens (tertiary/aromatic N) is 4. The molecular formula is C17H29BrIN5O. The number of guanidine groups is 1. The first-order valence-corrected chi connectivity index (χ1v) is 9.38. The molecule has 0 unspecified atom stereocenters. The topological polar surface area (TPSA) is 52.9 Å². The van der Waals surface area contributed by atoms with Crippen molar-refractivity contribution in [1.29, 1.82) is 0 Å². The van der Waals surface area contributed by atoms with Gasteiger partial charge in [0.05, 0.1) is 6.54 Å². The fraction of sp³-hybridized carbons (Fsp3) is 0.647. The van der Waals surface area contributed by atoms with Crippen LogP contribution in [0.1, 0.15) is 31.9 Å². The fourth-order valence-corrected chi connectivity index (χ4v) is 3.47. The Labute approximate surface area is 176 Å². The quantitative estimate of drug-likeness (QED) is 0.258. The van der Waals surface area contributed by atoms with Crippen molar-refractivity contribution in [3.8, 4) is 0 Å². The molecule has 1 saturated heterocycles. The van der Waals surface area contributed by atoms with E-state index in [1.807, 2.05) is 19.0 Å². The Morgan fingerprint density at radius 3 is 2.80 bits per heavy atom. The molecule has 1 N–H and O–H groups in total. The minimum absolute atomic E-state index is 0. The number of hydrogen-bond acceptors (Lipinski definition) is 2. The van der Waals surface area contributed by atoms with Gasteiger partial charge in [0.2, 0.25) is 5.91 Å². The van der Waals surface area contributed by atoms with Gasteiger partial charge in [-0.3, -0.25) is 9.79 Å². The van der Waals surface area contributed by atoms with Crippen LogP contribution in [-0.4, -0.2) is 59.5 Å². The first kappa shape index (κ1) is 22.3. The Kier molecular flexibility index (Phi) is 9.84. The summed E-state index contributed by atoms with van der Waals surface area (Å²) in [4.78, 5) is 20.4. The molecule has 0 aromatic carbocycles. The van der Waals surface area contributed by atoms with Crippen molar-refractivity contribution in [2.75, 3.05) is 33.2 Å². The van der Waals surface area contributed by atoms with Crippen LogP contribution in [0.25, 0.3) is 0 Å². The third kappa shape index (κ3) is 6.80. The minimum Gasteiger partial charge on any atom is -0.357 e. The Balaban J connectivity index is 0.00000312. The summed E-state index contributed by atoms with van der Waals surface area (Å²) in [5.74, 6) is 1.19. The lowest BCUT2D eigenvalue weighted by Crippen LogP contribution is -2.39. The van der Waals surface area contributed by atoms with Gasteiger partial charge in [-0.1, -0.05) is 0 Å². The third-order valence-corrected chi connectivity index (χ3v) is 4.62. The van der Waals surface area contributed by atoms with Gasteiger partial charge < -0.3 is 19.7 Å². The molecule has 1 amide bonds. The van der Waals surface area contributed by atoms with Crippen LogP contribution in [0, 0.1) is 0 Å². The van der Waals surface area contributed by atoms with E-state index >= 15 is 0 Å². The van der Waals surface area contributed by atoms with Crippen LogP contribution < -0.4 is 5.32 Å². The molecular weight excluding hydrogens is 497 g/mol. The van der Waals surface area contributed by atoms with Crippen molar-refractivity contribution in [3.05, 3.63) is 22.4 Å². The zero-order chi connectivity index (χ0) is 17.5. The average Bonchev–Trinajstić information content (AvgIpc) is 3.07. The fourth-order valence-electron chi connectivity index (χ4n) is 2.90. The molecule has 2 rings (SSSR count). The van der Waals surface area contributed by atoms with Crippen LogP contribution in [-0.2, 0) is 18.4 Å². The molecule has 0 radical (unpaired) electrons. The summed E-state index contributed by atoms with van der Waals surface area (Å²) in [6, 6.07) is 2.12. The normalized spacial score (nSPS) is 14.6. The summed E-state index contributed by atoms with van der Waals surface area (Å²) >= 11 is 3.51. The zero-order valence-electron chi connectivity index (χ0n) is 15.3. The SMILES string of the molecule is CCNC(=NCCCN1CCCC1=O)N(C)Cc1cc(Br)cn1C.I. The summed E-state index contributed by atoms with van der Waals surface area (Å²) in [7, 11) is 4.09. The van der Waals surface area contributed by atoms with Crippen LogP contribution >= 0.6 is 39.9 Å². The predicted molar refractivity (Wildman–Crippen MR) is 116 cm³/mol. The summed E-state index contributed by atoms with van der Waals surface area (Å²) in [5, 5.41) is 3.34. The number of carbonyl (C=O) groups is 1. The lowest BCUT2D eigenvalue weighted by molar-refractivity contribution is -0.127. The molecule has 1 aromatic heterocycles. The number of carbonyl (C=O) groups excluding carboxylic acids is 1. The van der Waals surface area contributed by atoms with E-state index in [0.29, 0.717) is 6.42 Å². The summed E-state index contributed by atoms with van der Waals surface area (Å²) in [6.07, 6.45) is 4.67. The highest BCUT2D eigenvalue weighted by atomic mass is 127. The molecule has 142 valence electrons. The van der Waals surface area contributed by atoms with Crippen molar-refractivity contribution >= 4 is 51.8 Å². The second-order valence-corrected chi connectivity index (χ2v) is 7.11. The van der Waals surface area contributed by atoms with Gasteiger partial charge in [0.25, 0.3) is 0 Å². The standard InChI is InChI=1S/C17H28BrN5O.HI/c1-4-19-17(20-8-6-10-23-9-5-7-16(23)24)22(3)13-15-11-14(18)12-21(15)2;/h11-12H,4-10,13H2,1-3H3,(H,19,20);1H. The number of aliphatic imine (C=N–C) groups is 1. The van der Waals surface area contributed by atoms with Crippen LogP contribution in [0.5, 0.6) is 0 Å². The van der Waals surface area contributed by atoms with Gasteiger partial charge in [-0.2, -0.15) is 0 Å². The molecule has 0 bridgehead atoms. The van der Waals surface area contributed by atoms with Crippen molar-refractivity contribution in [3.63, 3.8) is 0 Å². The van der Waals surface area contributed by atoms with E-state index in [1.165, 1.54) is 5.69 Å². The first-order chi connectivity index (χ1) is 11.5. The van der Waals surface area contributed by atoms with E-state index in [-0.39, 0.29) is 29.9 Å². The average molecular weight is 526 g/mol. The zero-order valence-corrected chi connectivity index (χ0v) is 19.2. The highest BCUT2D eigenvalue weighted by Gasteiger charge is 2.19. The molecule has 0 atom stereocenters. The van der Waals surface area contributed by atoms with Crippen LogP contribution in [0.15, 0.2) is 21.7 Å². The second kappa shape index (κ2) is 11.1. The third-order valence-electron chi connectivity index (χ3n) is 4.19. The second-order valence-electron chi connectivity index (χ2n) is 6.19. The Morgan fingerprint density at radius 2 is 2.24 bits per heavy atom. The predicted octanol–water partition coefficient (Wildman–Crippen LogP) is 2.82. The number of aryl methyl sites for hydroxylation is 1. The largest absolute Gasteiger partial charge is 0.357 e. The molecule has 1 aliphatic heterocycles. The molecule has 0 saturated carbocycles. The highest BCUT2D eigenvalue weighted by Crippen LogP contribution is 2.15. The summed E-state index contributed by atoms with van der Waals surface area (Å²) in [5.41, 5.74) is 1.22. The maximum atomic E-state index is 11.6. The Hall–Kier alpha value is -0.770. The molecule has 1 aliphatic rings. The van der Waals surface area contributed by atoms with E-state index in [2.05, 4.69) is 49.9 Å². The summed E-state index contributed by atoms with van der Waals surface area (Å²) < 4.78 is 3.20. The van der Waals surface area contributed by atoms with Crippen molar-refractivity contribution in [2.45, 2.75) is 32.7 Å². The molecule has 1 fully saturated rings. The highest BCUT2D eigenvalue weighted by molar-refractivity contribution is 14.0. The van der Waals surface area contributed by atoms with E-state index in [1.54, 1.807) is 0 Å². The van der Waals surface area contributed by atoms with E-state index in [4.69, 9.17) is 4.99 Å². The summed E-state index contributed by atoms with van der Waals surface area (Å²) in [6.45, 7) is 6.16. The van der Waals surface area contributed by atoms with Gasteiger partial charge in [0, 0.05) is 63.1 Å². The smallest absolute Gasteiger partial charge is 0.222 e. The van der Waals surface area contributed by atoms with Crippen molar-refractivity contribution in [2.24, 2.45) is 12.0 Å². The van der Waals surface area contributed by atoms with E-state index in [9.17, 15) is 4.79 Å². The van der Waals surface area contributed by atoms with Crippen LogP contribution in [0.3, 0.4) is 0 Å². The first-order valence-electron chi connectivity index (χ1n) is 8.59. The molecule has 0 spiro atoms. The number of nitrogens with one attached hydrogen (secondary N) is 1. The number of halogens is 2. The molecule has 6 nitrogen and oxygen atoms in total. The van der Waals surface area contributed by atoms with Gasteiger partial charge in [0.1, 0.15) is 0 Å². The number of likely N-dealkylation sites (tertiary alicyclic amines) is 1. The maximum absolute atomic E-state index is 11.6. The molecule has 0 aliphatic carbocycles.